The van der Waals surface area contributed by atoms with Gasteiger partial charge in [0, 0.05) is 27.4 Å². The maximum atomic E-state index is 5.22. The maximum absolute atomic E-state index is 5.22. The molecule has 0 unspecified atom stereocenters. The van der Waals surface area contributed by atoms with Crippen LogP contribution in [0.25, 0.3) is 82.7 Å². The Kier molecular flexibility index (Phi) is 5.85. The molecule has 0 fully saturated rings. The van der Waals surface area contributed by atoms with Crippen LogP contribution in [0.1, 0.15) is 0 Å². The van der Waals surface area contributed by atoms with E-state index in [1.54, 1.807) is 0 Å². The lowest BCUT2D eigenvalue weighted by atomic mass is 9.94. The van der Waals surface area contributed by atoms with Crippen molar-refractivity contribution in [1.29, 1.82) is 0 Å². The Hall–Kier alpha value is -5.99. The molecule has 0 aliphatic carbocycles. The number of nitrogens with zero attached hydrogens (tertiary/aromatic N) is 2. The van der Waals surface area contributed by atoms with Crippen LogP contribution in [0.15, 0.2) is 170 Å². The lowest BCUT2D eigenvalue weighted by molar-refractivity contribution is 1.18. The number of rotatable bonds is 4. The summed E-state index contributed by atoms with van der Waals surface area (Å²) in [5, 5.41) is 6.19. The highest BCUT2D eigenvalue weighted by atomic mass is 15.0. The van der Waals surface area contributed by atoms with Gasteiger partial charge in [-0.15, -0.1) is 0 Å². The molecule has 0 aliphatic heterocycles. The Labute approximate surface area is 261 Å². The normalized spacial score (nSPS) is 11.6. The van der Waals surface area contributed by atoms with E-state index in [9.17, 15) is 0 Å². The summed E-state index contributed by atoms with van der Waals surface area (Å²) >= 11 is 0. The summed E-state index contributed by atoms with van der Waals surface area (Å²) in [6, 6.07) is 60.8. The summed E-state index contributed by atoms with van der Waals surface area (Å²) in [7, 11) is 0. The molecule has 45 heavy (non-hydrogen) atoms. The molecule has 7 aromatic carbocycles. The number of pyridine rings is 1. The van der Waals surface area contributed by atoms with E-state index < -0.39 is 0 Å². The molecule has 0 amide bonds. The summed E-state index contributed by atoms with van der Waals surface area (Å²) in [6.07, 6.45) is 0. The van der Waals surface area contributed by atoms with E-state index in [4.69, 9.17) is 4.98 Å². The number of benzene rings is 7. The van der Waals surface area contributed by atoms with Gasteiger partial charge in [0.05, 0.1) is 22.2 Å². The monoisotopic (exact) mass is 572 g/mol. The Morgan fingerprint density at radius 2 is 1.02 bits per heavy atom. The molecular weight excluding hydrogens is 544 g/mol. The van der Waals surface area contributed by atoms with Gasteiger partial charge in [-0.05, 0) is 75.5 Å². The Morgan fingerprint density at radius 3 is 1.78 bits per heavy atom. The first-order chi connectivity index (χ1) is 22.3. The third kappa shape index (κ3) is 4.22. The number of hydrogen-bond donors (Lipinski definition) is 0. The lowest BCUT2D eigenvalue weighted by Gasteiger charge is -2.14. The molecule has 9 rings (SSSR count). The predicted molar refractivity (Wildman–Crippen MR) is 190 cm³/mol. The molecule has 0 radical (unpaired) electrons. The molecule has 0 spiro atoms. The molecule has 0 saturated heterocycles. The zero-order valence-electron chi connectivity index (χ0n) is 24.6. The van der Waals surface area contributed by atoms with Crippen LogP contribution >= 0.6 is 0 Å². The van der Waals surface area contributed by atoms with Crippen LogP contribution in [0.4, 0.5) is 0 Å². The van der Waals surface area contributed by atoms with Gasteiger partial charge in [-0.2, -0.15) is 0 Å². The van der Waals surface area contributed by atoms with E-state index in [-0.39, 0.29) is 0 Å². The van der Waals surface area contributed by atoms with Gasteiger partial charge >= 0.3 is 0 Å². The topological polar surface area (TPSA) is 17.8 Å². The van der Waals surface area contributed by atoms with Gasteiger partial charge in [-0.3, -0.25) is 0 Å². The number of para-hydroxylation sites is 2. The first kappa shape index (κ1) is 25.5. The molecule has 2 nitrogen and oxygen atoms in total. The van der Waals surface area contributed by atoms with E-state index in [0.29, 0.717) is 0 Å². The molecule has 0 atom stereocenters. The Morgan fingerprint density at radius 1 is 0.400 bits per heavy atom. The minimum Gasteiger partial charge on any atom is -0.309 e. The fourth-order valence-electron chi connectivity index (χ4n) is 6.86. The van der Waals surface area contributed by atoms with E-state index in [2.05, 4.69) is 174 Å². The number of hydrogen-bond acceptors (Lipinski definition) is 1. The molecule has 2 heterocycles. The van der Waals surface area contributed by atoms with E-state index in [1.165, 1.54) is 60.2 Å². The SMILES string of the molecule is c1ccc(-c2cc(-c3cccc(-c4ccc(-n5c6ccccc6c6ccccc65)cc4)c3)nc3ccc4ccccc4c23)cc1. The molecule has 0 saturated carbocycles. The van der Waals surface area contributed by atoms with Crippen LogP contribution in [0.2, 0.25) is 0 Å². The molecule has 0 bridgehead atoms. The first-order valence-electron chi connectivity index (χ1n) is 15.4. The second-order valence-corrected chi connectivity index (χ2v) is 11.6. The van der Waals surface area contributed by atoms with E-state index in [1.807, 2.05) is 0 Å². The van der Waals surface area contributed by atoms with Crippen LogP contribution in [0.5, 0.6) is 0 Å². The van der Waals surface area contributed by atoms with E-state index >= 15 is 0 Å². The van der Waals surface area contributed by atoms with Crippen LogP contribution < -0.4 is 0 Å². The summed E-state index contributed by atoms with van der Waals surface area (Å²) in [6.45, 7) is 0. The van der Waals surface area contributed by atoms with Crippen molar-refractivity contribution < 1.29 is 0 Å². The fraction of sp³-hybridized carbons (Fsp3) is 0. The first-order valence-corrected chi connectivity index (χ1v) is 15.4. The smallest absolute Gasteiger partial charge is 0.0722 e. The highest BCUT2D eigenvalue weighted by molar-refractivity contribution is 6.14. The van der Waals surface area contributed by atoms with Gasteiger partial charge in [0.25, 0.3) is 0 Å². The average molecular weight is 573 g/mol. The van der Waals surface area contributed by atoms with Crippen LogP contribution in [0, 0.1) is 0 Å². The molecule has 0 aliphatic rings. The van der Waals surface area contributed by atoms with Crippen molar-refractivity contribution in [2.45, 2.75) is 0 Å². The van der Waals surface area contributed by atoms with Crippen LogP contribution in [0.3, 0.4) is 0 Å². The molecular formula is C43H28N2. The highest BCUT2D eigenvalue weighted by Crippen LogP contribution is 2.38. The third-order valence-corrected chi connectivity index (χ3v) is 8.98. The second-order valence-electron chi connectivity index (χ2n) is 11.6. The van der Waals surface area contributed by atoms with Crippen molar-refractivity contribution in [3.05, 3.63) is 170 Å². The largest absolute Gasteiger partial charge is 0.309 e. The number of aromatic nitrogens is 2. The van der Waals surface area contributed by atoms with Gasteiger partial charge < -0.3 is 4.57 Å². The molecule has 2 aromatic heterocycles. The van der Waals surface area contributed by atoms with Crippen molar-refractivity contribution in [3.8, 4) is 39.2 Å². The quantitative estimate of drug-likeness (QED) is 0.192. The van der Waals surface area contributed by atoms with Crippen molar-refractivity contribution in [1.82, 2.24) is 9.55 Å². The highest BCUT2D eigenvalue weighted by Gasteiger charge is 2.14. The molecule has 0 N–H and O–H groups in total. The van der Waals surface area contributed by atoms with Crippen LogP contribution in [-0.4, -0.2) is 9.55 Å². The van der Waals surface area contributed by atoms with E-state index in [0.717, 1.165) is 22.5 Å². The van der Waals surface area contributed by atoms with Gasteiger partial charge in [0.1, 0.15) is 0 Å². The molecule has 9 aromatic rings. The summed E-state index contributed by atoms with van der Waals surface area (Å²) in [5.41, 5.74) is 11.4. The van der Waals surface area contributed by atoms with Gasteiger partial charge in [-0.1, -0.05) is 127 Å². The molecule has 2 heteroatoms. The Bertz CT molecular complexity index is 2470. The average Bonchev–Trinajstić information content (AvgIpc) is 3.46. The summed E-state index contributed by atoms with van der Waals surface area (Å²) in [5.74, 6) is 0. The standard InChI is InChI=1S/C43H28N2/c1-2-11-30(12-3-1)38-28-40(44-39-26-23-31-13-4-5-16-35(31)43(38)39)33-15-10-14-32(27-33)29-21-24-34(25-22-29)45-41-19-8-6-17-36(41)37-18-7-9-20-42(37)45/h1-28H. The van der Waals surface area contributed by atoms with Crippen molar-refractivity contribution in [2.24, 2.45) is 0 Å². The Balaban J connectivity index is 1.15. The minimum atomic E-state index is 0.973. The number of fused-ring (bicyclic) bond motifs is 6. The lowest BCUT2D eigenvalue weighted by Crippen LogP contribution is -1.94. The van der Waals surface area contributed by atoms with Crippen LogP contribution in [-0.2, 0) is 0 Å². The second kappa shape index (κ2) is 10.3. The zero-order valence-corrected chi connectivity index (χ0v) is 24.6. The third-order valence-electron chi connectivity index (χ3n) is 8.98. The maximum Gasteiger partial charge on any atom is 0.0722 e. The minimum absolute atomic E-state index is 0.973. The van der Waals surface area contributed by atoms with Crippen molar-refractivity contribution in [3.63, 3.8) is 0 Å². The van der Waals surface area contributed by atoms with Crippen molar-refractivity contribution in [2.75, 3.05) is 0 Å². The predicted octanol–water partition coefficient (Wildman–Crippen LogP) is 11.5. The van der Waals surface area contributed by atoms with Gasteiger partial charge in [0.15, 0.2) is 0 Å². The van der Waals surface area contributed by atoms with Crippen molar-refractivity contribution >= 4 is 43.5 Å². The molecule has 210 valence electrons. The zero-order chi connectivity index (χ0) is 29.7. The summed E-state index contributed by atoms with van der Waals surface area (Å²) < 4.78 is 2.36. The van der Waals surface area contributed by atoms with Gasteiger partial charge in [-0.25, -0.2) is 4.98 Å². The van der Waals surface area contributed by atoms with Gasteiger partial charge in [0.2, 0.25) is 0 Å². The fourth-order valence-corrected chi connectivity index (χ4v) is 6.86. The summed E-state index contributed by atoms with van der Waals surface area (Å²) in [4.78, 5) is 5.22.